The largest absolute Gasteiger partial charge is 0.464 e. The Labute approximate surface area is 589 Å². The van der Waals surface area contributed by atoms with E-state index in [2.05, 4.69) is 334 Å². The van der Waals surface area contributed by atoms with Crippen molar-refractivity contribution in [1.82, 2.24) is 0 Å². The van der Waals surface area contributed by atoms with Gasteiger partial charge in [0, 0.05) is 93.2 Å². The van der Waals surface area contributed by atoms with Gasteiger partial charge in [-0.15, -0.1) is 11.3 Å². The Bertz CT molecular complexity index is 6340. The minimum Gasteiger partial charge on any atom is -0.464 e. The molecule has 0 amide bonds. The van der Waals surface area contributed by atoms with Gasteiger partial charge >= 0.3 is 0 Å². The number of nitrogens with zero attached hydrogens (tertiary/aromatic N) is 2. The van der Waals surface area contributed by atoms with Crippen LogP contribution in [-0.4, -0.2) is 0 Å². The molecule has 1 aliphatic heterocycles. The van der Waals surface area contributed by atoms with Crippen LogP contribution >= 0.6 is 11.3 Å². The molecule has 3 aromatic heterocycles. The fraction of sp³-hybridized carbons (Fsp3) is 0.0526. The van der Waals surface area contributed by atoms with E-state index < -0.39 is 5.41 Å². The maximum atomic E-state index is 7.26. The third kappa shape index (κ3) is 8.75. The Morgan fingerprint density at radius 3 is 1.92 bits per heavy atom. The number of hydrogen-bond acceptors (Lipinski definition) is 6. The summed E-state index contributed by atoms with van der Waals surface area (Å²) in [7, 11) is 0. The van der Waals surface area contributed by atoms with Crippen molar-refractivity contribution < 1.29 is 13.6 Å². The number of benzene rings is 14. The highest BCUT2D eigenvalue weighted by atomic mass is 32.1. The molecule has 478 valence electrons. The van der Waals surface area contributed by atoms with Crippen LogP contribution in [0.15, 0.2) is 325 Å². The molecule has 0 saturated heterocycles. The molecule has 6 heteroatoms. The number of allylic oxidation sites excluding steroid dienone is 1. The van der Waals surface area contributed by atoms with E-state index in [1.807, 2.05) is 29.5 Å². The molecule has 0 radical (unpaired) electrons. The summed E-state index contributed by atoms with van der Waals surface area (Å²) in [5, 5.41) is 6.72. The summed E-state index contributed by atoms with van der Waals surface area (Å²) in [4.78, 5) is 6.05. The Morgan fingerprint density at radius 1 is 0.396 bits per heavy atom. The molecule has 14 aromatic carbocycles. The van der Waals surface area contributed by atoms with Gasteiger partial charge in [-0.25, -0.2) is 0 Å². The van der Waals surface area contributed by atoms with Gasteiger partial charge in [-0.3, -0.25) is 0 Å². The zero-order valence-corrected chi connectivity index (χ0v) is 56.7. The second kappa shape index (κ2) is 22.5. The van der Waals surface area contributed by atoms with E-state index in [4.69, 9.17) is 13.6 Å². The number of ether oxygens (including phenoxy) is 1. The highest BCUT2D eigenvalue weighted by Crippen LogP contribution is 2.65. The summed E-state index contributed by atoms with van der Waals surface area (Å²) in [6, 6.07) is 109. The van der Waals surface area contributed by atoms with Crippen LogP contribution < -0.4 is 14.5 Å². The zero-order valence-electron chi connectivity index (χ0n) is 55.8. The van der Waals surface area contributed by atoms with Crippen molar-refractivity contribution >= 4 is 111 Å². The van der Waals surface area contributed by atoms with Gasteiger partial charge < -0.3 is 23.4 Å². The smallest absolute Gasteiger partial charge is 0.138 e. The number of para-hydroxylation sites is 3. The summed E-state index contributed by atoms with van der Waals surface area (Å²) >= 11 is 1.81. The van der Waals surface area contributed by atoms with Gasteiger partial charge in [0.1, 0.15) is 28.2 Å². The molecule has 0 N–H and O–H groups in total. The van der Waals surface area contributed by atoms with Gasteiger partial charge in [0.15, 0.2) is 0 Å². The summed E-state index contributed by atoms with van der Waals surface area (Å²) in [5.74, 6) is 1.61. The summed E-state index contributed by atoms with van der Waals surface area (Å²) in [6.45, 7) is 11.2. The van der Waals surface area contributed by atoms with Crippen molar-refractivity contribution in [3.63, 3.8) is 0 Å². The molecule has 101 heavy (non-hydrogen) atoms. The van der Waals surface area contributed by atoms with Gasteiger partial charge in [-0.1, -0.05) is 227 Å². The molecule has 0 saturated carbocycles. The minimum absolute atomic E-state index is 0.138. The van der Waals surface area contributed by atoms with Crippen LogP contribution in [0, 0.1) is 0 Å². The maximum absolute atomic E-state index is 7.26. The Hall–Kier alpha value is -12.5. The molecule has 1 unspecified atom stereocenters. The first-order valence-corrected chi connectivity index (χ1v) is 35.5. The quantitative estimate of drug-likeness (QED) is 0.129. The second-order valence-corrected chi connectivity index (χ2v) is 28.4. The molecule has 3 aliphatic rings. The van der Waals surface area contributed by atoms with Gasteiger partial charge in [0.2, 0.25) is 0 Å². The van der Waals surface area contributed by atoms with Crippen molar-refractivity contribution in [3.05, 3.63) is 360 Å². The van der Waals surface area contributed by atoms with Crippen molar-refractivity contribution in [2.75, 3.05) is 9.80 Å². The lowest BCUT2D eigenvalue weighted by Gasteiger charge is -2.40. The van der Waals surface area contributed by atoms with Gasteiger partial charge in [0.25, 0.3) is 0 Å². The number of hydrogen-bond donors (Lipinski definition) is 0. The lowest BCUT2D eigenvalue weighted by Crippen LogP contribution is -2.32. The molecular weight excluding hydrogens is 1250 g/mol. The fourth-order valence-corrected chi connectivity index (χ4v) is 18.4. The lowest BCUT2D eigenvalue weighted by atomic mass is 9.66. The first-order valence-electron chi connectivity index (χ1n) is 34.7. The van der Waals surface area contributed by atoms with E-state index in [-0.39, 0.29) is 5.41 Å². The summed E-state index contributed by atoms with van der Waals surface area (Å²) in [5.41, 5.74) is 27.6. The molecule has 5 nitrogen and oxygen atoms in total. The molecule has 1 atom stereocenters. The molecule has 4 heterocycles. The monoisotopic (exact) mass is 1310 g/mol. The van der Waals surface area contributed by atoms with E-state index in [1.165, 1.54) is 65.4 Å². The second-order valence-electron chi connectivity index (χ2n) is 27.4. The van der Waals surface area contributed by atoms with Crippen molar-refractivity contribution in [1.29, 1.82) is 0 Å². The number of thiophene rings is 1. The highest BCUT2D eigenvalue weighted by Gasteiger charge is 2.52. The van der Waals surface area contributed by atoms with Crippen LogP contribution in [-0.2, 0) is 10.8 Å². The van der Waals surface area contributed by atoms with Gasteiger partial charge in [-0.05, 0) is 188 Å². The highest BCUT2D eigenvalue weighted by molar-refractivity contribution is 7.20. The molecule has 0 bridgehead atoms. The maximum Gasteiger partial charge on any atom is 0.138 e. The third-order valence-electron chi connectivity index (χ3n) is 21.7. The molecule has 1 spiro atoms. The van der Waals surface area contributed by atoms with E-state index in [0.717, 1.165) is 133 Å². The summed E-state index contributed by atoms with van der Waals surface area (Å²) < 4.78 is 21.3. The average Bonchev–Trinajstić information content (AvgIpc) is 1.54. The first-order chi connectivity index (χ1) is 49.7. The number of anilines is 6. The van der Waals surface area contributed by atoms with Crippen LogP contribution in [0.2, 0.25) is 0 Å². The molecule has 17 aromatic rings. The van der Waals surface area contributed by atoms with Crippen molar-refractivity contribution in [3.8, 4) is 67.1 Å². The number of furan rings is 2. The van der Waals surface area contributed by atoms with Gasteiger partial charge in [0.05, 0.1) is 23.1 Å². The number of rotatable bonds is 11. The van der Waals surface area contributed by atoms with E-state index in [1.54, 1.807) is 6.26 Å². The zero-order chi connectivity index (χ0) is 67.2. The predicted molar refractivity (Wildman–Crippen MR) is 422 cm³/mol. The standard InChI is InChI=1S/C95H64N2O3S/c1-5-22-72-77-55-66(54-76(93(77)101-90(72)6-2)69-31-20-24-59-23-10-11-27-68(59)69)97(64-43-39-58(40-44-64)60-41-46-71-70-28-12-15-32-78(70)94(3,4)82(71)52-60)84-36-21-35-81-92(84)73-29-13-16-33-79(73)95(81)80-34-17-19-38-87(80)100-88-48-45-65(56-83(88)95)96(63-25-8-7-9-26-63)67-53-75(61-42-47-85-62(51-61)49-50-98-85)91-74-30-14-18-37-86(74)99-89(91)57-67/h5-57H,2H2,1,3-4H3/b22-5-. The molecular formula is C95H64N2O3S. The predicted octanol–water partition coefficient (Wildman–Crippen LogP) is 27.1. The van der Waals surface area contributed by atoms with E-state index >= 15 is 0 Å². The Kier molecular flexibility index (Phi) is 13.1. The Morgan fingerprint density at radius 2 is 1.06 bits per heavy atom. The van der Waals surface area contributed by atoms with Crippen molar-refractivity contribution in [2.45, 2.75) is 31.6 Å². The van der Waals surface area contributed by atoms with E-state index in [0.29, 0.717) is 0 Å². The first kappa shape index (κ1) is 58.7. The normalized spacial score (nSPS) is 14.5. The number of fused-ring (bicyclic) bond motifs is 18. The molecule has 0 fully saturated rings. The lowest BCUT2D eigenvalue weighted by molar-refractivity contribution is 0.436. The third-order valence-corrected chi connectivity index (χ3v) is 22.9. The SMILES string of the molecule is C=Cc1sc2c(-c3cccc4ccccc34)cc(N(c3ccc(-c4ccc5c(c4)C(C)(C)c4ccccc4-5)cc3)c3cccc4c3-c3ccccc3C43c4ccccc4Oc4ccc(N(c5ccccc5)c5cc(-c6ccc7occc7c6)c6c(c5)oc5ccccc56)cc43)cc2c1/C=C\C. The fourth-order valence-electron chi connectivity index (χ4n) is 17.2. The van der Waals surface area contributed by atoms with Crippen LogP contribution in [0.4, 0.5) is 34.1 Å². The Balaban J connectivity index is 0.827. The topological polar surface area (TPSA) is 42.0 Å². The van der Waals surface area contributed by atoms with Crippen molar-refractivity contribution in [2.24, 2.45) is 0 Å². The summed E-state index contributed by atoms with van der Waals surface area (Å²) in [6.07, 6.45) is 8.20. The average molecular weight is 1310 g/mol. The molecule has 20 rings (SSSR count). The van der Waals surface area contributed by atoms with Gasteiger partial charge in [-0.2, -0.15) is 0 Å². The van der Waals surface area contributed by atoms with Crippen LogP contribution in [0.5, 0.6) is 11.5 Å². The van der Waals surface area contributed by atoms with E-state index in [9.17, 15) is 0 Å². The van der Waals surface area contributed by atoms with Crippen LogP contribution in [0.1, 0.15) is 64.6 Å². The minimum atomic E-state index is -0.877. The van der Waals surface area contributed by atoms with Crippen LogP contribution in [0.25, 0.3) is 122 Å². The molecule has 2 aliphatic carbocycles. The van der Waals surface area contributed by atoms with Crippen LogP contribution in [0.3, 0.4) is 0 Å².